The quantitative estimate of drug-likeness (QED) is 0.660. The van der Waals surface area contributed by atoms with Crippen LogP contribution in [-0.4, -0.2) is 22.6 Å². The summed E-state index contributed by atoms with van der Waals surface area (Å²) in [4.78, 5) is 18.5. The van der Waals surface area contributed by atoms with Gasteiger partial charge < -0.3 is 9.42 Å². The molecule has 0 N–H and O–H groups in total. The van der Waals surface area contributed by atoms with E-state index >= 15 is 0 Å². The highest BCUT2D eigenvalue weighted by Crippen LogP contribution is 2.34. The Labute approximate surface area is 158 Å². The van der Waals surface area contributed by atoms with Gasteiger partial charge in [-0.2, -0.15) is 18.2 Å². The van der Waals surface area contributed by atoms with E-state index in [1.807, 2.05) is 31.2 Å². The first kappa shape index (κ1) is 18.2. The molecule has 1 unspecified atom stereocenters. The molecule has 28 heavy (non-hydrogen) atoms. The third-order valence-corrected chi connectivity index (χ3v) is 4.80. The van der Waals surface area contributed by atoms with Gasteiger partial charge in [-0.3, -0.25) is 4.79 Å². The summed E-state index contributed by atoms with van der Waals surface area (Å²) in [6.07, 6.45) is -4.15. The number of para-hydroxylation sites is 1. The van der Waals surface area contributed by atoms with Crippen LogP contribution in [0.5, 0.6) is 0 Å². The van der Waals surface area contributed by atoms with Crippen molar-refractivity contribution < 1.29 is 22.5 Å². The van der Waals surface area contributed by atoms with E-state index in [0.29, 0.717) is 17.9 Å². The van der Waals surface area contributed by atoms with E-state index in [-0.39, 0.29) is 24.1 Å². The predicted molar refractivity (Wildman–Crippen MR) is 95.6 cm³/mol. The average Bonchev–Trinajstić information content (AvgIpc) is 3.29. The van der Waals surface area contributed by atoms with Crippen LogP contribution < -0.4 is 4.90 Å². The van der Waals surface area contributed by atoms with Crippen LogP contribution >= 0.6 is 0 Å². The number of aromatic nitrogens is 2. The van der Waals surface area contributed by atoms with Gasteiger partial charge in [0.05, 0.1) is 5.56 Å². The Balaban J connectivity index is 1.54. The zero-order valence-electron chi connectivity index (χ0n) is 14.9. The highest BCUT2D eigenvalue weighted by molar-refractivity contribution is 5.97. The van der Waals surface area contributed by atoms with Crippen molar-refractivity contribution in [2.45, 2.75) is 25.4 Å². The van der Waals surface area contributed by atoms with Crippen LogP contribution in [0.15, 0.2) is 53.1 Å². The van der Waals surface area contributed by atoms with Crippen LogP contribution in [0, 0.1) is 6.92 Å². The molecular weight excluding hydrogens is 371 g/mol. The fraction of sp³-hybridized carbons (Fsp3) is 0.250. The third-order valence-electron chi connectivity index (χ3n) is 4.80. The number of rotatable bonds is 3. The summed E-state index contributed by atoms with van der Waals surface area (Å²) < 4.78 is 43.3. The maximum atomic E-state index is 12.7. The van der Waals surface area contributed by atoms with Crippen molar-refractivity contribution in [2.24, 2.45) is 0 Å². The largest absolute Gasteiger partial charge is 0.416 e. The van der Waals surface area contributed by atoms with Gasteiger partial charge >= 0.3 is 6.18 Å². The molecule has 0 aliphatic carbocycles. The van der Waals surface area contributed by atoms with Crippen molar-refractivity contribution in [3.05, 3.63) is 65.5 Å². The number of nitrogens with zero attached hydrogens (tertiary/aromatic N) is 3. The maximum absolute atomic E-state index is 12.7. The Morgan fingerprint density at radius 3 is 2.50 bits per heavy atom. The molecule has 2 aromatic carbocycles. The van der Waals surface area contributed by atoms with Crippen molar-refractivity contribution in [2.75, 3.05) is 11.4 Å². The van der Waals surface area contributed by atoms with E-state index < -0.39 is 11.7 Å². The lowest BCUT2D eigenvalue weighted by atomic mass is 10.1. The van der Waals surface area contributed by atoms with Gasteiger partial charge in [-0.1, -0.05) is 23.4 Å². The smallest absolute Gasteiger partial charge is 0.334 e. The molecule has 1 atom stereocenters. The normalized spacial score (nSPS) is 17.4. The second kappa shape index (κ2) is 6.78. The van der Waals surface area contributed by atoms with E-state index in [1.165, 1.54) is 12.1 Å². The van der Waals surface area contributed by atoms with Crippen molar-refractivity contribution in [1.82, 2.24) is 10.1 Å². The summed E-state index contributed by atoms with van der Waals surface area (Å²) in [5, 5.41) is 3.94. The fourth-order valence-corrected chi connectivity index (χ4v) is 3.30. The first-order valence-corrected chi connectivity index (χ1v) is 8.70. The van der Waals surface area contributed by atoms with Gasteiger partial charge in [-0.25, -0.2) is 0 Å². The van der Waals surface area contributed by atoms with Gasteiger partial charge in [-0.05, 0) is 42.8 Å². The van der Waals surface area contributed by atoms with Crippen LogP contribution in [0.25, 0.3) is 11.5 Å². The molecule has 0 radical (unpaired) electrons. The highest BCUT2D eigenvalue weighted by atomic mass is 19.4. The first-order chi connectivity index (χ1) is 13.3. The number of aryl methyl sites for hydroxylation is 1. The number of hydrogen-bond acceptors (Lipinski definition) is 4. The maximum Gasteiger partial charge on any atom is 0.416 e. The second-order valence-electron chi connectivity index (χ2n) is 6.72. The Morgan fingerprint density at radius 2 is 1.82 bits per heavy atom. The Hall–Kier alpha value is -3.16. The van der Waals surface area contributed by atoms with E-state index in [9.17, 15) is 18.0 Å². The number of anilines is 1. The summed E-state index contributed by atoms with van der Waals surface area (Å²) in [5.41, 5.74) is 1.49. The minimum Gasteiger partial charge on any atom is -0.334 e. The van der Waals surface area contributed by atoms with Crippen LogP contribution in [0.1, 0.15) is 29.3 Å². The summed E-state index contributed by atoms with van der Waals surface area (Å²) in [5.74, 6) is 0.240. The van der Waals surface area contributed by atoms with Gasteiger partial charge in [0.1, 0.15) is 0 Å². The third kappa shape index (κ3) is 3.37. The number of amides is 1. The monoisotopic (exact) mass is 387 g/mol. The molecule has 4 rings (SSSR count). The standard InChI is InChI=1S/C20H16F3N3O2/c1-12-4-2-3-5-16(12)26-11-14(10-17(26)27)18-24-19(28-25-18)13-6-8-15(9-7-13)20(21,22)23/h2-9,14H,10-11H2,1H3. The zero-order valence-corrected chi connectivity index (χ0v) is 14.9. The van der Waals surface area contributed by atoms with Crippen LogP contribution in [0.2, 0.25) is 0 Å². The number of carbonyl (C=O) groups is 1. The number of carbonyl (C=O) groups excluding carboxylic acids is 1. The highest BCUT2D eigenvalue weighted by Gasteiger charge is 2.35. The van der Waals surface area contributed by atoms with Gasteiger partial charge in [0.15, 0.2) is 5.82 Å². The molecule has 1 aromatic heterocycles. The molecule has 144 valence electrons. The topological polar surface area (TPSA) is 59.2 Å². The Kier molecular flexibility index (Phi) is 4.41. The van der Waals surface area contributed by atoms with Gasteiger partial charge in [-0.15, -0.1) is 0 Å². The molecule has 1 fully saturated rings. The molecule has 0 bridgehead atoms. The molecule has 0 saturated carbocycles. The van der Waals surface area contributed by atoms with Crippen molar-refractivity contribution in [1.29, 1.82) is 0 Å². The summed E-state index contributed by atoms with van der Waals surface area (Å²) >= 11 is 0. The van der Waals surface area contributed by atoms with Crippen molar-refractivity contribution in [3.8, 4) is 11.5 Å². The average molecular weight is 387 g/mol. The summed E-state index contributed by atoms with van der Waals surface area (Å²) in [6, 6.07) is 12.1. The second-order valence-corrected chi connectivity index (χ2v) is 6.72. The van der Waals surface area contributed by atoms with Crippen LogP contribution in [0.3, 0.4) is 0 Å². The molecule has 8 heteroatoms. The summed E-state index contributed by atoms with van der Waals surface area (Å²) in [6.45, 7) is 2.36. The minimum absolute atomic E-state index is 0.0276. The van der Waals surface area contributed by atoms with Crippen molar-refractivity contribution >= 4 is 11.6 Å². The van der Waals surface area contributed by atoms with E-state index in [1.54, 1.807) is 4.90 Å². The number of hydrogen-bond donors (Lipinski definition) is 0. The molecule has 1 amide bonds. The van der Waals surface area contributed by atoms with Crippen LogP contribution in [-0.2, 0) is 11.0 Å². The fourth-order valence-electron chi connectivity index (χ4n) is 3.30. The summed E-state index contributed by atoms with van der Waals surface area (Å²) in [7, 11) is 0. The molecule has 2 heterocycles. The molecule has 1 aliphatic heterocycles. The molecule has 3 aromatic rings. The van der Waals surface area contributed by atoms with E-state index in [4.69, 9.17) is 4.52 Å². The Morgan fingerprint density at radius 1 is 1.11 bits per heavy atom. The number of alkyl halides is 3. The molecule has 0 spiro atoms. The minimum atomic E-state index is -4.40. The lowest BCUT2D eigenvalue weighted by Crippen LogP contribution is -2.25. The number of benzene rings is 2. The Bertz CT molecular complexity index is 1010. The zero-order chi connectivity index (χ0) is 19.9. The molecular formula is C20H16F3N3O2. The van der Waals surface area contributed by atoms with Crippen LogP contribution in [0.4, 0.5) is 18.9 Å². The molecule has 1 saturated heterocycles. The lowest BCUT2D eigenvalue weighted by molar-refractivity contribution is -0.137. The SMILES string of the molecule is Cc1ccccc1N1CC(c2noc(-c3ccc(C(F)(F)F)cc3)n2)CC1=O. The van der Waals surface area contributed by atoms with Gasteiger partial charge in [0.25, 0.3) is 5.89 Å². The molecule has 5 nitrogen and oxygen atoms in total. The predicted octanol–water partition coefficient (Wildman–Crippen LogP) is 4.58. The first-order valence-electron chi connectivity index (χ1n) is 8.70. The lowest BCUT2D eigenvalue weighted by Gasteiger charge is -2.18. The van der Waals surface area contributed by atoms with E-state index in [2.05, 4.69) is 10.1 Å². The van der Waals surface area contributed by atoms with E-state index in [0.717, 1.165) is 23.4 Å². The van der Waals surface area contributed by atoms with Gasteiger partial charge in [0.2, 0.25) is 5.91 Å². The number of halogens is 3. The van der Waals surface area contributed by atoms with Crippen molar-refractivity contribution in [3.63, 3.8) is 0 Å². The molecule has 1 aliphatic rings. The van der Waals surface area contributed by atoms with Gasteiger partial charge in [0, 0.05) is 30.1 Å².